The number of rotatable bonds is 6. The average Bonchev–Trinajstić information content (AvgIpc) is 2.45. The van der Waals surface area contributed by atoms with Crippen LogP contribution in [0.1, 0.15) is 24.5 Å². The number of carbonyl (C=O) groups is 1. The fourth-order valence-corrected chi connectivity index (χ4v) is 1.93. The summed E-state index contributed by atoms with van der Waals surface area (Å²) in [7, 11) is 3.46. The molecule has 0 spiro atoms. The highest BCUT2D eigenvalue weighted by atomic mass is 16.2. The normalized spacial score (nSPS) is 9.95. The van der Waals surface area contributed by atoms with E-state index in [-0.39, 0.29) is 12.5 Å². The Labute approximate surface area is 120 Å². The standard InChI is InChI=1S/C15H22N4O/c1-4-7-19(11-15(20)18(2)3)14-6-5-12(9-16)8-13(14)10-17/h5-6,8H,4,7,9,11,16H2,1-3H3. The largest absolute Gasteiger partial charge is 0.361 e. The van der Waals surface area contributed by atoms with Crippen molar-refractivity contribution in [2.75, 3.05) is 32.1 Å². The molecule has 1 aromatic rings. The minimum absolute atomic E-state index is 0.0187. The predicted molar refractivity (Wildman–Crippen MR) is 80.2 cm³/mol. The lowest BCUT2D eigenvalue weighted by molar-refractivity contribution is -0.127. The second-order valence-corrected chi connectivity index (χ2v) is 4.88. The Morgan fingerprint density at radius 3 is 2.60 bits per heavy atom. The van der Waals surface area contributed by atoms with Gasteiger partial charge in [-0.2, -0.15) is 5.26 Å². The van der Waals surface area contributed by atoms with Crippen LogP contribution in [0.5, 0.6) is 0 Å². The molecular weight excluding hydrogens is 252 g/mol. The second-order valence-electron chi connectivity index (χ2n) is 4.88. The first kappa shape index (κ1) is 16.0. The van der Waals surface area contributed by atoms with Gasteiger partial charge >= 0.3 is 0 Å². The summed E-state index contributed by atoms with van der Waals surface area (Å²) in [4.78, 5) is 15.4. The fourth-order valence-electron chi connectivity index (χ4n) is 1.93. The third-order valence-corrected chi connectivity index (χ3v) is 3.08. The minimum atomic E-state index is 0.0187. The molecule has 0 saturated heterocycles. The molecule has 1 rings (SSSR count). The molecule has 1 aromatic carbocycles. The summed E-state index contributed by atoms with van der Waals surface area (Å²) in [6, 6.07) is 7.76. The van der Waals surface area contributed by atoms with Crippen molar-refractivity contribution < 1.29 is 4.79 Å². The lowest BCUT2D eigenvalue weighted by Gasteiger charge is -2.26. The molecule has 1 amide bonds. The van der Waals surface area contributed by atoms with Crippen LogP contribution in [0, 0.1) is 11.3 Å². The van der Waals surface area contributed by atoms with Crippen LogP contribution in [0.4, 0.5) is 5.69 Å². The van der Waals surface area contributed by atoms with E-state index in [4.69, 9.17) is 5.73 Å². The molecule has 0 saturated carbocycles. The van der Waals surface area contributed by atoms with Gasteiger partial charge in [0.15, 0.2) is 0 Å². The van der Waals surface area contributed by atoms with Gasteiger partial charge in [0.05, 0.1) is 17.8 Å². The van der Waals surface area contributed by atoms with E-state index < -0.39 is 0 Å². The van der Waals surface area contributed by atoms with Crippen molar-refractivity contribution in [1.29, 1.82) is 5.26 Å². The van der Waals surface area contributed by atoms with E-state index in [2.05, 4.69) is 6.07 Å². The molecule has 0 heterocycles. The summed E-state index contributed by atoms with van der Waals surface area (Å²) in [5.41, 5.74) is 7.87. The van der Waals surface area contributed by atoms with Crippen molar-refractivity contribution in [3.8, 4) is 6.07 Å². The zero-order chi connectivity index (χ0) is 15.1. The summed E-state index contributed by atoms with van der Waals surface area (Å²) < 4.78 is 0. The molecule has 0 aliphatic carbocycles. The van der Waals surface area contributed by atoms with Crippen LogP contribution < -0.4 is 10.6 Å². The highest BCUT2D eigenvalue weighted by Crippen LogP contribution is 2.22. The molecule has 0 fully saturated rings. The first-order valence-electron chi connectivity index (χ1n) is 6.71. The van der Waals surface area contributed by atoms with E-state index in [1.165, 1.54) is 0 Å². The average molecular weight is 274 g/mol. The fraction of sp³-hybridized carbons (Fsp3) is 0.467. The SMILES string of the molecule is CCCN(CC(=O)N(C)C)c1ccc(CN)cc1C#N. The number of benzene rings is 1. The van der Waals surface area contributed by atoms with E-state index in [9.17, 15) is 10.1 Å². The van der Waals surface area contributed by atoms with Crippen molar-refractivity contribution >= 4 is 11.6 Å². The van der Waals surface area contributed by atoms with Crippen LogP contribution in [0.2, 0.25) is 0 Å². The lowest BCUT2D eigenvalue weighted by Crippen LogP contribution is -2.37. The second kappa shape index (κ2) is 7.51. The maximum absolute atomic E-state index is 11.9. The number of amides is 1. The minimum Gasteiger partial charge on any atom is -0.361 e. The van der Waals surface area contributed by atoms with Gasteiger partial charge in [0.1, 0.15) is 6.07 Å². The Bertz CT molecular complexity index is 505. The molecular formula is C15H22N4O. The molecule has 0 radical (unpaired) electrons. The highest BCUT2D eigenvalue weighted by Gasteiger charge is 2.15. The van der Waals surface area contributed by atoms with E-state index in [0.29, 0.717) is 12.1 Å². The van der Waals surface area contributed by atoms with Crippen molar-refractivity contribution in [2.45, 2.75) is 19.9 Å². The van der Waals surface area contributed by atoms with E-state index in [0.717, 1.165) is 24.2 Å². The topological polar surface area (TPSA) is 73.4 Å². The summed E-state index contributed by atoms with van der Waals surface area (Å²) in [6.45, 7) is 3.46. The van der Waals surface area contributed by atoms with Crippen molar-refractivity contribution in [3.05, 3.63) is 29.3 Å². The van der Waals surface area contributed by atoms with Crippen LogP contribution >= 0.6 is 0 Å². The zero-order valence-electron chi connectivity index (χ0n) is 12.4. The van der Waals surface area contributed by atoms with Gasteiger partial charge in [-0.15, -0.1) is 0 Å². The molecule has 0 aromatic heterocycles. The first-order chi connectivity index (χ1) is 9.53. The van der Waals surface area contributed by atoms with Crippen LogP contribution in [-0.4, -0.2) is 38.0 Å². The van der Waals surface area contributed by atoms with Crippen LogP contribution in [0.3, 0.4) is 0 Å². The zero-order valence-corrected chi connectivity index (χ0v) is 12.4. The predicted octanol–water partition coefficient (Wildman–Crippen LogP) is 1.32. The molecule has 0 aliphatic heterocycles. The summed E-state index contributed by atoms with van der Waals surface area (Å²) in [5.74, 6) is 0.0187. The molecule has 5 nitrogen and oxygen atoms in total. The van der Waals surface area contributed by atoms with Gasteiger partial charge < -0.3 is 15.5 Å². The first-order valence-corrected chi connectivity index (χ1v) is 6.71. The van der Waals surface area contributed by atoms with Crippen LogP contribution in [0.25, 0.3) is 0 Å². The third-order valence-electron chi connectivity index (χ3n) is 3.08. The van der Waals surface area contributed by atoms with E-state index in [1.807, 2.05) is 24.0 Å². The van der Waals surface area contributed by atoms with Crippen LogP contribution in [0.15, 0.2) is 18.2 Å². The van der Waals surface area contributed by atoms with E-state index >= 15 is 0 Å². The Hall–Kier alpha value is -2.06. The number of nitrogens with two attached hydrogens (primary N) is 1. The summed E-state index contributed by atoms with van der Waals surface area (Å²) >= 11 is 0. The Kier molecular flexibility index (Phi) is 6.01. The van der Waals surface area contributed by atoms with Gasteiger partial charge in [-0.05, 0) is 24.1 Å². The number of hydrogen-bond acceptors (Lipinski definition) is 4. The Morgan fingerprint density at radius 1 is 1.40 bits per heavy atom. The third kappa shape index (κ3) is 3.97. The maximum Gasteiger partial charge on any atom is 0.241 e. The van der Waals surface area contributed by atoms with Gasteiger partial charge in [0.2, 0.25) is 5.91 Å². The lowest BCUT2D eigenvalue weighted by atomic mass is 10.1. The van der Waals surface area contributed by atoms with E-state index in [1.54, 1.807) is 25.1 Å². The molecule has 20 heavy (non-hydrogen) atoms. The maximum atomic E-state index is 11.9. The summed E-state index contributed by atoms with van der Waals surface area (Å²) in [5, 5.41) is 9.29. The molecule has 0 bridgehead atoms. The van der Waals surface area contributed by atoms with Crippen LogP contribution in [-0.2, 0) is 11.3 Å². The number of anilines is 1. The van der Waals surface area contributed by atoms with Gasteiger partial charge in [-0.25, -0.2) is 0 Å². The van der Waals surface area contributed by atoms with Gasteiger partial charge in [-0.3, -0.25) is 4.79 Å². The van der Waals surface area contributed by atoms with Gasteiger partial charge in [-0.1, -0.05) is 13.0 Å². The van der Waals surface area contributed by atoms with Gasteiger partial charge in [0.25, 0.3) is 0 Å². The van der Waals surface area contributed by atoms with Gasteiger partial charge in [0, 0.05) is 27.2 Å². The quantitative estimate of drug-likeness (QED) is 0.849. The Balaban J connectivity index is 3.08. The number of nitriles is 1. The molecule has 2 N–H and O–H groups in total. The molecule has 108 valence electrons. The molecule has 0 atom stereocenters. The molecule has 0 aliphatic rings. The highest BCUT2D eigenvalue weighted by molar-refractivity contribution is 5.81. The van der Waals surface area contributed by atoms with Crippen molar-refractivity contribution in [1.82, 2.24) is 4.90 Å². The summed E-state index contributed by atoms with van der Waals surface area (Å²) in [6.07, 6.45) is 0.907. The Morgan fingerprint density at radius 2 is 2.10 bits per heavy atom. The van der Waals surface area contributed by atoms with Crippen molar-refractivity contribution in [2.24, 2.45) is 5.73 Å². The molecule has 0 unspecified atom stereocenters. The number of nitrogens with zero attached hydrogens (tertiary/aromatic N) is 3. The number of carbonyl (C=O) groups excluding carboxylic acids is 1. The smallest absolute Gasteiger partial charge is 0.241 e. The number of hydrogen-bond donors (Lipinski definition) is 1. The monoisotopic (exact) mass is 274 g/mol. The molecule has 5 heteroatoms. The number of likely N-dealkylation sites (N-methyl/N-ethyl adjacent to an activating group) is 1. The van der Waals surface area contributed by atoms with Crippen molar-refractivity contribution in [3.63, 3.8) is 0 Å².